The molecule has 0 aliphatic heterocycles. The number of rotatable bonds is 5. The van der Waals surface area contributed by atoms with Crippen molar-refractivity contribution in [3.05, 3.63) is 40.6 Å². The van der Waals surface area contributed by atoms with Gasteiger partial charge in [-0.2, -0.15) is 5.10 Å². The molecule has 0 aliphatic carbocycles. The van der Waals surface area contributed by atoms with Crippen LogP contribution in [-0.4, -0.2) is 21.9 Å². The number of ether oxygens (including phenoxy) is 1. The molecule has 1 N–H and O–H groups in total. The van der Waals surface area contributed by atoms with E-state index in [0.717, 1.165) is 36.5 Å². The molecule has 5 nitrogen and oxygen atoms in total. The first-order valence-electron chi connectivity index (χ1n) is 6.07. The minimum Gasteiger partial charge on any atom is -0.497 e. The van der Waals surface area contributed by atoms with Gasteiger partial charge in [0, 0.05) is 12.5 Å². The van der Waals surface area contributed by atoms with Crippen LogP contribution in [0.25, 0.3) is 5.69 Å². The molecule has 0 atom stereocenters. The average molecular weight is 247 g/mol. The number of hydrogen-bond acceptors (Lipinski definition) is 3. The molecule has 0 amide bonds. The van der Waals surface area contributed by atoms with Gasteiger partial charge in [0.1, 0.15) is 11.6 Å². The average Bonchev–Trinajstić information content (AvgIpc) is 2.77. The third kappa shape index (κ3) is 2.45. The van der Waals surface area contributed by atoms with Crippen molar-refractivity contribution in [2.24, 2.45) is 0 Å². The smallest absolute Gasteiger partial charge is 0.347 e. The maximum Gasteiger partial charge on any atom is 0.347 e. The Balaban J connectivity index is 2.42. The topological polar surface area (TPSA) is 59.9 Å². The summed E-state index contributed by atoms with van der Waals surface area (Å²) in [4.78, 5) is 11.8. The molecule has 0 unspecified atom stereocenters. The first-order chi connectivity index (χ1) is 8.76. The van der Waals surface area contributed by atoms with E-state index in [1.165, 1.54) is 0 Å². The Kier molecular flexibility index (Phi) is 3.82. The number of aryl methyl sites for hydroxylation is 1. The minimum absolute atomic E-state index is 0.214. The standard InChI is InChI=1S/C13H17N3O2/c1-3-4-8-12-14-15-13(17)16(12)10-6-5-7-11(9-10)18-2/h5-7,9H,3-4,8H2,1-2H3,(H,15,17). The van der Waals surface area contributed by atoms with Crippen LogP contribution in [-0.2, 0) is 6.42 Å². The van der Waals surface area contributed by atoms with E-state index in [4.69, 9.17) is 4.74 Å². The number of unbranched alkanes of at least 4 members (excludes halogenated alkanes) is 1. The highest BCUT2D eigenvalue weighted by molar-refractivity contribution is 5.39. The van der Waals surface area contributed by atoms with Crippen LogP contribution in [0.15, 0.2) is 29.1 Å². The summed E-state index contributed by atoms with van der Waals surface area (Å²) in [6, 6.07) is 7.40. The summed E-state index contributed by atoms with van der Waals surface area (Å²) in [6.45, 7) is 2.11. The Labute approximate surface area is 105 Å². The summed E-state index contributed by atoms with van der Waals surface area (Å²) in [7, 11) is 1.61. The van der Waals surface area contributed by atoms with Crippen LogP contribution >= 0.6 is 0 Å². The molecular weight excluding hydrogens is 230 g/mol. The second kappa shape index (κ2) is 5.53. The third-order valence-electron chi connectivity index (χ3n) is 2.81. The molecule has 2 rings (SSSR count). The first kappa shape index (κ1) is 12.4. The fraction of sp³-hybridized carbons (Fsp3) is 0.385. The molecule has 1 aromatic carbocycles. The van der Waals surface area contributed by atoms with Crippen molar-refractivity contribution in [2.45, 2.75) is 26.2 Å². The molecule has 0 saturated heterocycles. The van der Waals surface area contributed by atoms with Crippen molar-refractivity contribution in [1.82, 2.24) is 14.8 Å². The van der Waals surface area contributed by atoms with Crippen molar-refractivity contribution in [2.75, 3.05) is 7.11 Å². The first-order valence-corrected chi connectivity index (χ1v) is 6.07. The van der Waals surface area contributed by atoms with Crippen molar-refractivity contribution in [3.63, 3.8) is 0 Å². The van der Waals surface area contributed by atoms with E-state index in [2.05, 4.69) is 17.1 Å². The molecule has 2 aromatic rings. The van der Waals surface area contributed by atoms with Gasteiger partial charge in [-0.05, 0) is 18.6 Å². The van der Waals surface area contributed by atoms with Crippen LogP contribution in [0.3, 0.4) is 0 Å². The fourth-order valence-corrected chi connectivity index (χ4v) is 1.85. The van der Waals surface area contributed by atoms with Crippen molar-refractivity contribution in [3.8, 4) is 11.4 Å². The second-order valence-electron chi connectivity index (χ2n) is 4.09. The van der Waals surface area contributed by atoms with Crippen LogP contribution in [0, 0.1) is 0 Å². The van der Waals surface area contributed by atoms with Gasteiger partial charge < -0.3 is 4.74 Å². The molecule has 0 radical (unpaired) electrons. The number of aromatic amines is 1. The summed E-state index contributed by atoms with van der Waals surface area (Å²) in [5.74, 6) is 1.48. The molecule has 18 heavy (non-hydrogen) atoms. The molecule has 5 heteroatoms. The molecule has 0 fully saturated rings. The summed E-state index contributed by atoms with van der Waals surface area (Å²) in [5, 5.41) is 6.57. The Hall–Kier alpha value is -2.04. The van der Waals surface area contributed by atoms with Gasteiger partial charge in [0.25, 0.3) is 0 Å². The predicted octanol–water partition coefficient (Wildman–Crippen LogP) is 1.91. The van der Waals surface area contributed by atoms with E-state index in [1.54, 1.807) is 11.7 Å². The number of methoxy groups -OCH3 is 1. The number of aromatic nitrogens is 3. The molecular formula is C13H17N3O2. The predicted molar refractivity (Wildman–Crippen MR) is 69.3 cm³/mol. The number of nitrogens with one attached hydrogen (secondary N) is 1. The minimum atomic E-state index is -0.214. The van der Waals surface area contributed by atoms with Crippen molar-refractivity contribution in [1.29, 1.82) is 0 Å². The lowest BCUT2D eigenvalue weighted by atomic mass is 10.2. The summed E-state index contributed by atoms with van der Waals surface area (Å²) < 4.78 is 6.76. The highest BCUT2D eigenvalue weighted by atomic mass is 16.5. The maximum atomic E-state index is 11.8. The number of hydrogen-bond donors (Lipinski definition) is 1. The van der Waals surface area contributed by atoms with Crippen LogP contribution < -0.4 is 10.4 Å². The van der Waals surface area contributed by atoms with Crippen molar-refractivity contribution >= 4 is 0 Å². The fourth-order valence-electron chi connectivity index (χ4n) is 1.85. The zero-order chi connectivity index (χ0) is 13.0. The van der Waals surface area contributed by atoms with Crippen LogP contribution in [0.5, 0.6) is 5.75 Å². The van der Waals surface area contributed by atoms with E-state index in [9.17, 15) is 4.79 Å². The molecule has 96 valence electrons. The number of H-pyrrole nitrogens is 1. The molecule has 0 bridgehead atoms. The van der Waals surface area contributed by atoms with Gasteiger partial charge >= 0.3 is 5.69 Å². The Morgan fingerprint density at radius 3 is 3.00 bits per heavy atom. The number of nitrogens with zero attached hydrogens (tertiary/aromatic N) is 2. The van der Waals surface area contributed by atoms with Gasteiger partial charge in [0.2, 0.25) is 0 Å². The zero-order valence-electron chi connectivity index (χ0n) is 10.6. The summed E-state index contributed by atoms with van der Waals surface area (Å²) >= 11 is 0. The van der Waals surface area contributed by atoms with E-state index in [0.29, 0.717) is 0 Å². The van der Waals surface area contributed by atoms with E-state index < -0.39 is 0 Å². The quantitative estimate of drug-likeness (QED) is 0.878. The molecule has 0 aliphatic rings. The summed E-state index contributed by atoms with van der Waals surface area (Å²) in [5.41, 5.74) is 0.563. The highest BCUT2D eigenvalue weighted by Gasteiger charge is 2.10. The van der Waals surface area contributed by atoms with E-state index in [-0.39, 0.29) is 5.69 Å². The van der Waals surface area contributed by atoms with Gasteiger partial charge in [0.05, 0.1) is 12.8 Å². The lowest BCUT2D eigenvalue weighted by Gasteiger charge is -2.07. The SMILES string of the molecule is CCCCc1n[nH]c(=O)n1-c1cccc(OC)c1. The molecule has 1 aromatic heterocycles. The van der Waals surface area contributed by atoms with Crippen LogP contribution in [0.4, 0.5) is 0 Å². The van der Waals surface area contributed by atoms with Gasteiger partial charge in [-0.15, -0.1) is 0 Å². The van der Waals surface area contributed by atoms with Crippen LogP contribution in [0.1, 0.15) is 25.6 Å². The van der Waals surface area contributed by atoms with E-state index in [1.807, 2.05) is 24.3 Å². The number of benzene rings is 1. The van der Waals surface area contributed by atoms with Gasteiger partial charge in [-0.3, -0.25) is 0 Å². The Bertz CT molecular complexity index is 572. The lowest BCUT2D eigenvalue weighted by molar-refractivity contribution is 0.414. The summed E-state index contributed by atoms with van der Waals surface area (Å²) in [6.07, 6.45) is 2.86. The largest absolute Gasteiger partial charge is 0.497 e. The highest BCUT2D eigenvalue weighted by Crippen LogP contribution is 2.16. The Morgan fingerprint density at radius 1 is 1.44 bits per heavy atom. The van der Waals surface area contributed by atoms with Crippen LogP contribution in [0.2, 0.25) is 0 Å². The monoisotopic (exact) mass is 247 g/mol. The van der Waals surface area contributed by atoms with E-state index >= 15 is 0 Å². The van der Waals surface area contributed by atoms with Crippen molar-refractivity contribution < 1.29 is 4.74 Å². The normalized spacial score (nSPS) is 10.6. The van der Waals surface area contributed by atoms with Gasteiger partial charge in [-0.25, -0.2) is 14.5 Å². The maximum absolute atomic E-state index is 11.8. The second-order valence-corrected chi connectivity index (χ2v) is 4.09. The van der Waals surface area contributed by atoms with Gasteiger partial charge in [0.15, 0.2) is 0 Å². The molecule has 0 spiro atoms. The Morgan fingerprint density at radius 2 is 2.28 bits per heavy atom. The molecule has 1 heterocycles. The lowest BCUT2D eigenvalue weighted by Crippen LogP contribution is -2.17. The molecule has 0 saturated carbocycles. The third-order valence-corrected chi connectivity index (χ3v) is 2.81. The van der Waals surface area contributed by atoms with Gasteiger partial charge in [-0.1, -0.05) is 19.4 Å². The zero-order valence-corrected chi connectivity index (χ0v) is 10.6.